The summed E-state index contributed by atoms with van der Waals surface area (Å²) < 4.78 is 0. The van der Waals surface area contributed by atoms with Crippen LogP contribution >= 0.6 is 0 Å². The predicted molar refractivity (Wildman–Crippen MR) is 91.3 cm³/mol. The summed E-state index contributed by atoms with van der Waals surface area (Å²) in [6, 6.07) is 10.1. The van der Waals surface area contributed by atoms with Gasteiger partial charge in [-0.3, -0.25) is 4.90 Å². The number of aryl methyl sites for hydroxylation is 1. The molecule has 1 heterocycles. The highest BCUT2D eigenvalue weighted by Gasteiger charge is 2.36. The van der Waals surface area contributed by atoms with Crippen molar-refractivity contribution in [2.24, 2.45) is 17.6 Å². The molecule has 0 aromatic heterocycles. The van der Waals surface area contributed by atoms with Crippen LogP contribution in [-0.2, 0) is 0 Å². The summed E-state index contributed by atoms with van der Waals surface area (Å²) in [5.41, 5.74) is 9.25. The quantitative estimate of drug-likeness (QED) is 0.902. The number of rotatable bonds is 4. The van der Waals surface area contributed by atoms with Crippen molar-refractivity contribution in [2.75, 3.05) is 6.54 Å². The fourth-order valence-electron chi connectivity index (χ4n) is 3.89. The standard InChI is InChI=1S/C19H32N2/c1-6-18(20)19(17-9-7-8-13(2)11-17)21-12-14(3)10-15(4)16(21)5/h7-9,11,14-16,18-19H,6,10,12,20H2,1-5H3. The van der Waals surface area contributed by atoms with E-state index >= 15 is 0 Å². The molecule has 118 valence electrons. The lowest BCUT2D eigenvalue weighted by Gasteiger charge is -2.47. The Hall–Kier alpha value is -0.860. The van der Waals surface area contributed by atoms with Gasteiger partial charge in [0.15, 0.2) is 0 Å². The van der Waals surface area contributed by atoms with Gasteiger partial charge in [-0.2, -0.15) is 0 Å². The molecular weight excluding hydrogens is 256 g/mol. The Morgan fingerprint density at radius 3 is 2.62 bits per heavy atom. The molecule has 0 spiro atoms. The van der Waals surface area contributed by atoms with E-state index in [0.717, 1.165) is 24.8 Å². The van der Waals surface area contributed by atoms with Gasteiger partial charge in [-0.1, -0.05) is 50.6 Å². The van der Waals surface area contributed by atoms with Crippen LogP contribution in [0.2, 0.25) is 0 Å². The second-order valence-electron chi connectivity index (χ2n) is 7.19. The largest absolute Gasteiger partial charge is 0.326 e. The van der Waals surface area contributed by atoms with Crippen LogP contribution in [0, 0.1) is 18.8 Å². The second kappa shape index (κ2) is 6.93. The minimum absolute atomic E-state index is 0.201. The molecule has 2 N–H and O–H groups in total. The van der Waals surface area contributed by atoms with Gasteiger partial charge in [0.25, 0.3) is 0 Å². The molecule has 2 heteroatoms. The summed E-state index contributed by atoms with van der Waals surface area (Å²) >= 11 is 0. The normalized spacial score (nSPS) is 30.1. The Morgan fingerprint density at radius 2 is 2.00 bits per heavy atom. The van der Waals surface area contributed by atoms with Gasteiger partial charge >= 0.3 is 0 Å². The Morgan fingerprint density at radius 1 is 1.29 bits per heavy atom. The van der Waals surface area contributed by atoms with E-state index in [2.05, 4.69) is 63.8 Å². The van der Waals surface area contributed by atoms with Gasteiger partial charge in [0.2, 0.25) is 0 Å². The number of hydrogen-bond donors (Lipinski definition) is 1. The van der Waals surface area contributed by atoms with E-state index in [4.69, 9.17) is 5.73 Å². The van der Waals surface area contributed by atoms with Gasteiger partial charge in [-0.05, 0) is 44.1 Å². The van der Waals surface area contributed by atoms with Crippen LogP contribution in [-0.4, -0.2) is 23.5 Å². The van der Waals surface area contributed by atoms with Gasteiger partial charge in [0, 0.05) is 18.6 Å². The van der Waals surface area contributed by atoms with Crippen LogP contribution in [0.15, 0.2) is 24.3 Å². The molecule has 5 unspecified atom stereocenters. The predicted octanol–water partition coefficient (Wildman–Crippen LogP) is 4.14. The van der Waals surface area contributed by atoms with Crippen molar-refractivity contribution >= 4 is 0 Å². The lowest BCUT2D eigenvalue weighted by molar-refractivity contribution is 0.0287. The molecule has 1 saturated heterocycles. The molecule has 1 aromatic rings. The highest BCUT2D eigenvalue weighted by Crippen LogP contribution is 2.36. The number of nitrogens with zero attached hydrogens (tertiary/aromatic N) is 1. The van der Waals surface area contributed by atoms with Gasteiger partial charge in [-0.25, -0.2) is 0 Å². The molecular formula is C19H32N2. The van der Waals surface area contributed by atoms with E-state index in [1.165, 1.54) is 17.5 Å². The highest BCUT2D eigenvalue weighted by molar-refractivity contribution is 5.26. The van der Waals surface area contributed by atoms with E-state index in [-0.39, 0.29) is 6.04 Å². The second-order valence-corrected chi connectivity index (χ2v) is 7.19. The summed E-state index contributed by atoms with van der Waals surface area (Å²) in [6.07, 6.45) is 2.35. The van der Waals surface area contributed by atoms with Crippen LogP contribution < -0.4 is 5.73 Å². The average molecular weight is 288 g/mol. The summed E-state index contributed by atoms with van der Waals surface area (Å²) in [5.74, 6) is 1.50. The Bertz CT molecular complexity index is 457. The molecule has 1 aliphatic rings. The van der Waals surface area contributed by atoms with Crippen LogP contribution in [0.1, 0.15) is 57.7 Å². The van der Waals surface area contributed by atoms with E-state index in [1.54, 1.807) is 0 Å². The maximum Gasteiger partial charge on any atom is 0.0502 e. The molecule has 0 saturated carbocycles. The maximum atomic E-state index is 6.54. The molecule has 1 aromatic carbocycles. The minimum Gasteiger partial charge on any atom is -0.326 e. The van der Waals surface area contributed by atoms with Crippen molar-refractivity contribution in [2.45, 2.75) is 65.6 Å². The Balaban J connectivity index is 2.35. The zero-order valence-electron chi connectivity index (χ0n) is 14.3. The molecule has 0 amide bonds. The third-order valence-corrected chi connectivity index (χ3v) is 5.26. The summed E-state index contributed by atoms with van der Waals surface area (Å²) in [7, 11) is 0. The van der Waals surface area contributed by atoms with Crippen LogP contribution in [0.4, 0.5) is 0 Å². The van der Waals surface area contributed by atoms with E-state index in [0.29, 0.717) is 12.1 Å². The smallest absolute Gasteiger partial charge is 0.0502 e. The van der Waals surface area contributed by atoms with Crippen molar-refractivity contribution in [3.05, 3.63) is 35.4 Å². The van der Waals surface area contributed by atoms with E-state index < -0.39 is 0 Å². The lowest BCUT2D eigenvalue weighted by Crippen LogP contribution is -2.52. The lowest BCUT2D eigenvalue weighted by atomic mass is 9.82. The molecule has 0 bridgehead atoms. The summed E-state index contributed by atoms with van der Waals surface area (Å²) in [6.45, 7) is 12.7. The first-order valence-electron chi connectivity index (χ1n) is 8.51. The first kappa shape index (κ1) is 16.5. The number of piperidine rings is 1. The molecule has 5 atom stereocenters. The van der Waals surface area contributed by atoms with Gasteiger partial charge in [0.1, 0.15) is 0 Å². The Kier molecular flexibility index (Phi) is 5.45. The molecule has 1 fully saturated rings. The van der Waals surface area contributed by atoms with Crippen LogP contribution in [0.25, 0.3) is 0 Å². The minimum atomic E-state index is 0.201. The van der Waals surface area contributed by atoms with Crippen molar-refractivity contribution in [3.8, 4) is 0 Å². The third-order valence-electron chi connectivity index (χ3n) is 5.26. The number of nitrogens with two attached hydrogens (primary N) is 1. The number of hydrogen-bond acceptors (Lipinski definition) is 2. The first-order valence-corrected chi connectivity index (χ1v) is 8.51. The van der Waals surface area contributed by atoms with Crippen molar-refractivity contribution < 1.29 is 0 Å². The number of likely N-dealkylation sites (tertiary alicyclic amines) is 1. The molecule has 0 aliphatic carbocycles. The Labute approximate surface area is 130 Å². The number of benzene rings is 1. The molecule has 2 rings (SSSR count). The monoisotopic (exact) mass is 288 g/mol. The summed E-state index contributed by atoms with van der Waals surface area (Å²) in [4.78, 5) is 2.67. The van der Waals surface area contributed by atoms with Crippen molar-refractivity contribution in [1.29, 1.82) is 0 Å². The van der Waals surface area contributed by atoms with Crippen molar-refractivity contribution in [1.82, 2.24) is 4.90 Å². The zero-order chi connectivity index (χ0) is 15.6. The molecule has 1 aliphatic heterocycles. The average Bonchev–Trinajstić information content (AvgIpc) is 2.44. The van der Waals surface area contributed by atoms with Crippen molar-refractivity contribution in [3.63, 3.8) is 0 Å². The topological polar surface area (TPSA) is 29.3 Å². The fourth-order valence-corrected chi connectivity index (χ4v) is 3.89. The third kappa shape index (κ3) is 3.67. The van der Waals surface area contributed by atoms with Gasteiger partial charge < -0.3 is 5.73 Å². The van der Waals surface area contributed by atoms with Crippen LogP contribution in [0.3, 0.4) is 0 Å². The first-order chi connectivity index (χ1) is 9.93. The van der Waals surface area contributed by atoms with Crippen LogP contribution in [0.5, 0.6) is 0 Å². The maximum absolute atomic E-state index is 6.54. The van der Waals surface area contributed by atoms with E-state index in [9.17, 15) is 0 Å². The summed E-state index contributed by atoms with van der Waals surface area (Å²) in [5, 5.41) is 0. The molecule has 0 radical (unpaired) electrons. The van der Waals surface area contributed by atoms with E-state index in [1.807, 2.05) is 0 Å². The zero-order valence-corrected chi connectivity index (χ0v) is 14.3. The van der Waals surface area contributed by atoms with Gasteiger partial charge in [0.05, 0.1) is 6.04 Å². The fraction of sp³-hybridized carbons (Fsp3) is 0.684. The van der Waals surface area contributed by atoms with Gasteiger partial charge in [-0.15, -0.1) is 0 Å². The molecule has 2 nitrogen and oxygen atoms in total. The molecule has 21 heavy (non-hydrogen) atoms. The SMILES string of the molecule is CCC(N)C(c1cccc(C)c1)N1CC(C)CC(C)C1C. The highest BCUT2D eigenvalue weighted by atomic mass is 15.2.